The first-order chi connectivity index (χ1) is 14.9. The summed E-state index contributed by atoms with van der Waals surface area (Å²) >= 11 is 0. The maximum Gasteiger partial charge on any atom is 0.217 e. The topological polar surface area (TPSA) is 82.8 Å². The molecule has 0 saturated heterocycles. The Balaban J connectivity index is 0.00000289. The Bertz CT molecular complexity index is 1130. The Labute approximate surface area is 184 Å². The molecule has 0 spiro atoms. The number of benzene rings is 2. The van der Waals surface area contributed by atoms with E-state index in [-0.39, 0.29) is 26.8 Å². The van der Waals surface area contributed by atoms with Gasteiger partial charge in [0.15, 0.2) is 0 Å². The molecular weight excluding hydrogens is 412 g/mol. The zero-order valence-electron chi connectivity index (χ0n) is 17.7. The van der Waals surface area contributed by atoms with Crippen LogP contribution in [0, 0.1) is 0 Å². The lowest BCUT2D eigenvalue weighted by molar-refractivity contribution is 0.129. The number of para-hydroxylation sites is 2. The van der Waals surface area contributed by atoms with Gasteiger partial charge in [-0.3, -0.25) is 0 Å². The summed E-state index contributed by atoms with van der Waals surface area (Å²) in [6.45, 7) is 3.46. The molecule has 1 atom stereocenters. The number of aliphatic hydroxyl groups excluding tert-OH is 2. The lowest BCUT2D eigenvalue weighted by atomic mass is 10.0. The van der Waals surface area contributed by atoms with Crippen LogP contribution in [0.5, 0.6) is 0 Å². The van der Waals surface area contributed by atoms with Crippen LogP contribution < -0.4 is 0 Å². The van der Waals surface area contributed by atoms with Gasteiger partial charge >= 0.3 is 0 Å². The Morgan fingerprint density at radius 3 is 2.16 bits per heavy atom. The number of hydrogen-bond donors (Lipinski definition) is 2. The molecule has 1 fully saturated rings. The summed E-state index contributed by atoms with van der Waals surface area (Å²) in [6, 6.07) is 16.0. The fourth-order valence-corrected chi connectivity index (χ4v) is 6.80. The van der Waals surface area contributed by atoms with Gasteiger partial charge in [-0.05, 0) is 25.0 Å². The second-order valence-corrected chi connectivity index (χ2v) is 10.7. The largest absolute Gasteiger partial charge is 0.512 e. The SMILES string of the molecule is C=C(O)CN(CC(O)Cn1c2ccccc2c2ccccc21)S(=O)(=O)C1CCCCC1.[HH]. The van der Waals surface area contributed by atoms with Crippen molar-refractivity contribution in [2.45, 2.75) is 50.0 Å². The summed E-state index contributed by atoms with van der Waals surface area (Å²) in [5.74, 6) is -0.219. The molecule has 2 aromatic carbocycles. The Kier molecular flexibility index (Phi) is 6.36. The Morgan fingerprint density at radius 1 is 1.06 bits per heavy atom. The minimum absolute atomic E-state index is 0. The van der Waals surface area contributed by atoms with E-state index < -0.39 is 21.4 Å². The van der Waals surface area contributed by atoms with E-state index in [1.165, 1.54) is 4.31 Å². The molecule has 1 aromatic heterocycles. The van der Waals surface area contributed by atoms with E-state index in [1.807, 2.05) is 41.0 Å². The van der Waals surface area contributed by atoms with Gasteiger partial charge in [0, 0.05) is 29.8 Å². The van der Waals surface area contributed by atoms with Gasteiger partial charge in [0.25, 0.3) is 0 Å². The van der Waals surface area contributed by atoms with Gasteiger partial charge in [0.05, 0.1) is 24.4 Å². The molecule has 0 bridgehead atoms. The molecule has 7 heteroatoms. The van der Waals surface area contributed by atoms with E-state index in [0.717, 1.165) is 41.1 Å². The van der Waals surface area contributed by atoms with Crippen LogP contribution in [0.2, 0.25) is 0 Å². The maximum absolute atomic E-state index is 13.2. The third-order valence-corrected chi connectivity index (χ3v) is 8.49. The smallest absolute Gasteiger partial charge is 0.217 e. The average Bonchev–Trinajstić information content (AvgIpc) is 3.07. The van der Waals surface area contributed by atoms with Gasteiger partial charge < -0.3 is 14.8 Å². The Hall–Kier alpha value is -2.35. The standard InChI is InChI=1S/C24H30N2O4S.H2/c1-18(27)15-25(31(29,30)20-9-3-2-4-10-20)16-19(28)17-26-23-13-7-5-11-21(23)22-12-6-8-14-24(22)26;/h5-8,11-14,19-20,27-28H,1-4,9-10,15-17H2;1H. The van der Waals surface area contributed by atoms with Gasteiger partial charge in [-0.2, -0.15) is 4.31 Å². The summed E-state index contributed by atoms with van der Waals surface area (Å²) < 4.78 is 29.7. The van der Waals surface area contributed by atoms with Gasteiger partial charge in [0.2, 0.25) is 10.0 Å². The molecule has 3 aromatic rings. The van der Waals surface area contributed by atoms with Crippen LogP contribution in [0.1, 0.15) is 33.5 Å². The molecule has 1 heterocycles. The minimum Gasteiger partial charge on any atom is -0.512 e. The molecule has 6 nitrogen and oxygen atoms in total. The molecule has 0 radical (unpaired) electrons. The van der Waals surface area contributed by atoms with Gasteiger partial charge in [0.1, 0.15) is 5.76 Å². The zero-order chi connectivity index (χ0) is 22.0. The number of hydrogen-bond acceptors (Lipinski definition) is 4. The van der Waals surface area contributed by atoms with Crippen LogP contribution in [-0.4, -0.2) is 51.9 Å². The third-order valence-electron chi connectivity index (χ3n) is 6.18. The highest BCUT2D eigenvalue weighted by Gasteiger charge is 2.34. The first kappa shape index (κ1) is 21.9. The molecule has 1 saturated carbocycles. The predicted molar refractivity (Wildman–Crippen MR) is 127 cm³/mol. The van der Waals surface area contributed by atoms with Crippen molar-refractivity contribution in [3.63, 3.8) is 0 Å². The van der Waals surface area contributed by atoms with Crippen molar-refractivity contribution in [3.8, 4) is 0 Å². The fourth-order valence-electron chi connectivity index (χ4n) is 4.74. The first-order valence-corrected chi connectivity index (χ1v) is 12.4. The van der Waals surface area contributed by atoms with Crippen LogP contribution in [0.15, 0.2) is 60.9 Å². The van der Waals surface area contributed by atoms with Crippen molar-refractivity contribution < 1.29 is 20.1 Å². The number of nitrogens with zero attached hydrogens (tertiary/aromatic N) is 2. The highest BCUT2D eigenvalue weighted by atomic mass is 32.2. The summed E-state index contributed by atoms with van der Waals surface area (Å²) in [7, 11) is -3.63. The second kappa shape index (κ2) is 9.02. The number of sulfonamides is 1. The summed E-state index contributed by atoms with van der Waals surface area (Å²) in [6.07, 6.45) is 3.15. The molecule has 4 rings (SSSR count). The molecule has 168 valence electrons. The molecule has 2 N–H and O–H groups in total. The lowest BCUT2D eigenvalue weighted by Crippen LogP contribution is -2.45. The molecule has 31 heavy (non-hydrogen) atoms. The molecular formula is C24H32N2O4S. The van der Waals surface area contributed by atoms with Crippen molar-refractivity contribution in [2.24, 2.45) is 0 Å². The quantitative estimate of drug-likeness (QED) is 0.503. The summed E-state index contributed by atoms with van der Waals surface area (Å²) in [5.41, 5.74) is 1.99. The van der Waals surface area contributed by atoms with Crippen LogP contribution in [0.4, 0.5) is 0 Å². The molecule has 0 aliphatic heterocycles. The summed E-state index contributed by atoms with van der Waals surface area (Å²) in [5, 5.41) is 22.4. The number of rotatable bonds is 8. The van der Waals surface area contributed by atoms with E-state index >= 15 is 0 Å². The highest BCUT2D eigenvalue weighted by Crippen LogP contribution is 2.30. The fraction of sp³-hybridized carbons (Fsp3) is 0.417. The number of aliphatic hydroxyl groups is 2. The second-order valence-electron chi connectivity index (χ2n) is 8.46. The average molecular weight is 445 g/mol. The maximum atomic E-state index is 13.2. The van der Waals surface area contributed by atoms with Crippen molar-refractivity contribution >= 4 is 31.8 Å². The molecule has 1 aliphatic carbocycles. The molecule has 1 unspecified atom stereocenters. The van der Waals surface area contributed by atoms with Crippen molar-refractivity contribution in [2.75, 3.05) is 13.1 Å². The van der Waals surface area contributed by atoms with Gasteiger partial charge in [-0.15, -0.1) is 0 Å². The molecule has 1 aliphatic rings. The van der Waals surface area contributed by atoms with Crippen molar-refractivity contribution in [1.29, 1.82) is 0 Å². The van der Waals surface area contributed by atoms with Gasteiger partial charge in [-0.1, -0.05) is 62.2 Å². The van der Waals surface area contributed by atoms with Gasteiger partial charge in [-0.25, -0.2) is 8.42 Å². The van der Waals surface area contributed by atoms with Crippen molar-refractivity contribution in [3.05, 3.63) is 60.9 Å². The number of aromatic nitrogens is 1. The third kappa shape index (κ3) is 4.49. The number of fused-ring (bicyclic) bond motifs is 3. The lowest BCUT2D eigenvalue weighted by Gasteiger charge is -2.30. The minimum atomic E-state index is -3.63. The van der Waals surface area contributed by atoms with E-state index in [2.05, 4.69) is 18.7 Å². The monoisotopic (exact) mass is 444 g/mol. The normalized spacial score (nSPS) is 16.8. The molecule has 0 amide bonds. The first-order valence-electron chi connectivity index (χ1n) is 10.9. The van der Waals surface area contributed by atoms with Crippen LogP contribution >= 0.6 is 0 Å². The Morgan fingerprint density at radius 2 is 1.61 bits per heavy atom. The van der Waals surface area contributed by atoms with E-state index in [4.69, 9.17) is 0 Å². The highest BCUT2D eigenvalue weighted by molar-refractivity contribution is 7.89. The summed E-state index contributed by atoms with van der Waals surface area (Å²) in [4.78, 5) is 0. The van der Waals surface area contributed by atoms with Crippen LogP contribution in [0.25, 0.3) is 21.8 Å². The van der Waals surface area contributed by atoms with E-state index in [9.17, 15) is 18.6 Å². The van der Waals surface area contributed by atoms with E-state index in [0.29, 0.717) is 12.8 Å². The van der Waals surface area contributed by atoms with Crippen molar-refractivity contribution in [1.82, 2.24) is 8.87 Å². The van der Waals surface area contributed by atoms with E-state index in [1.54, 1.807) is 0 Å². The van der Waals surface area contributed by atoms with Crippen LogP contribution in [-0.2, 0) is 16.6 Å². The zero-order valence-corrected chi connectivity index (χ0v) is 18.5. The van der Waals surface area contributed by atoms with Crippen LogP contribution in [0.3, 0.4) is 0 Å². The predicted octanol–water partition coefficient (Wildman–Crippen LogP) is 4.44.